The van der Waals surface area contributed by atoms with Crippen LogP contribution in [-0.2, 0) is 19.6 Å². The molecule has 1 N–H and O–H groups in total. The van der Waals surface area contributed by atoms with Gasteiger partial charge in [0.25, 0.3) is 4.90 Å². The Bertz CT molecular complexity index is 373. The smallest absolute Gasteiger partial charge is 0.478 e. The van der Waals surface area contributed by atoms with E-state index < -0.39 is 9.26 Å². The van der Waals surface area contributed by atoms with Crippen molar-refractivity contribution in [2.45, 2.75) is 4.90 Å². The molecule has 11 heavy (non-hydrogen) atoms. The molecule has 0 aliphatic rings. The highest BCUT2D eigenvalue weighted by Gasteiger charge is 2.10. The number of phenolic OH excluding ortho intramolecular Hbond substituents is 1. The summed E-state index contributed by atoms with van der Waals surface area (Å²) in [4.78, 5) is 0.348. The monoisotopic (exact) mass is 189 g/mol. The van der Waals surface area contributed by atoms with Gasteiger partial charge in [-0.2, -0.15) is 0 Å². The van der Waals surface area contributed by atoms with Crippen LogP contribution in [0.25, 0.3) is 0 Å². The molecule has 0 atom stereocenters. The lowest BCUT2D eigenvalue weighted by molar-refractivity contribution is 0.462. The molecule has 0 bridgehead atoms. The van der Waals surface area contributed by atoms with Gasteiger partial charge in [0.15, 0.2) is 5.75 Å². The molecule has 0 amide bonds. The molecule has 0 aromatic heterocycles. The van der Waals surface area contributed by atoms with Crippen LogP contribution in [0.1, 0.15) is 0 Å². The number of hydrogen-bond acceptors (Lipinski definition) is 3. The highest BCUT2D eigenvalue weighted by molar-refractivity contribution is 8.24. The summed E-state index contributed by atoms with van der Waals surface area (Å²) in [6.45, 7) is 0. The fourth-order valence-electron chi connectivity index (χ4n) is 0.601. The fraction of sp³-hybridized carbons (Fsp3) is 0. The molecular weight excluding hydrogens is 184 g/mol. The summed E-state index contributed by atoms with van der Waals surface area (Å²) in [5.41, 5.74) is 0. The molecule has 5 heteroatoms. The van der Waals surface area contributed by atoms with E-state index in [-0.39, 0.29) is 5.75 Å². The Morgan fingerprint density at radius 1 is 1.27 bits per heavy atom. The maximum atomic E-state index is 10.2. The van der Waals surface area contributed by atoms with Crippen LogP contribution in [0.3, 0.4) is 0 Å². The van der Waals surface area contributed by atoms with E-state index in [1.165, 1.54) is 12.1 Å². The second-order valence-corrected chi connectivity index (χ2v) is 4.09. The van der Waals surface area contributed by atoms with Crippen molar-refractivity contribution in [2.75, 3.05) is 0 Å². The number of rotatable bonds is 1. The number of phenols is 1. The molecule has 0 radical (unpaired) electrons. The van der Waals surface area contributed by atoms with Crippen molar-refractivity contribution in [1.29, 1.82) is 0 Å². The average Bonchev–Trinajstić information content (AvgIpc) is 1.93. The van der Waals surface area contributed by atoms with Gasteiger partial charge in [-0.25, -0.2) is 0 Å². The van der Waals surface area contributed by atoms with Gasteiger partial charge in [-0.05, 0) is 6.07 Å². The second kappa shape index (κ2) is 3.45. The minimum atomic E-state index is -2.22. The molecule has 0 unspecified atom stereocenters. The van der Waals surface area contributed by atoms with Crippen LogP contribution in [0.5, 0.6) is 5.75 Å². The molecule has 0 aliphatic carbocycles. The molecule has 1 rings (SSSR count). The number of para-hydroxylation sites is 1. The molecule has 0 saturated heterocycles. The number of benzene rings is 1. The summed E-state index contributed by atoms with van der Waals surface area (Å²) in [6, 6.07) is 6.27. The first-order chi connectivity index (χ1) is 5.20. The van der Waals surface area contributed by atoms with Gasteiger partial charge in [-0.1, -0.05) is 12.1 Å². The van der Waals surface area contributed by atoms with Crippen molar-refractivity contribution < 1.29 is 13.5 Å². The van der Waals surface area contributed by atoms with Crippen molar-refractivity contribution in [2.24, 2.45) is 0 Å². The first kappa shape index (κ1) is 8.16. The van der Waals surface area contributed by atoms with E-state index in [9.17, 15) is 8.42 Å². The molecule has 0 heterocycles. The SMILES string of the molecule is O=S(=O)=[S+]c1ccccc1O. The van der Waals surface area contributed by atoms with Gasteiger partial charge in [-0.3, -0.25) is 0 Å². The lowest BCUT2D eigenvalue weighted by Crippen LogP contribution is -1.74. The van der Waals surface area contributed by atoms with Crippen LogP contribution in [-0.4, -0.2) is 13.5 Å². The lowest BCUT2D eigenvalue weighted by Gasteiger charge is -1.83. The average molecular weight is 189 g/mol. The van der Waals surface area contributed by atoms with Crippen LogP contribution < -0.4 is 0 Å². The van der Waals surface area contributed by atoms with Gasteiger partial charge in [-0.15, -0.1) is 8.42 Å². The van der Waals surface area contributed by atoms with Crippen molar-refractivity contribution in [3.63, 3.8) is 0 Å². The van der Waals surface area contributed by atoms with E-state index >= 15 is 0 Å². The Balaban J connectivity index is 3.25. The predicted octanol–water partition coefficient (Wildman–Crippen LogP) is 0.628. The maximum Gasteiger partial charge on any atom is 0.478 e. The Kier molecular flexibility index (Phi) is 2.56. The molecular formula is C6H5O3S2+. The molecule has 0 spiro atoms. The zero-order valence-electron chi connectivity index (χ0n) is 5.39. The highest BCUT2D eigenvalue weighted by atomic mass is 32.8. The minimum Gasteiger partial charge on any atom is -0.503 e. The van der Waals surface area contributed by atoms with E-state index in [0.29, 0.717) is 15.2 Å². The lowest BCUT2D eigenvalue weighted by atomic mass is 10.3. The summed E-state index contributed by atoms with van der Waals surface area (Å²) >= 11 is 0. The van der Waals surface area contributed by atoms with Crippen LogP contribution >= 0.6 is 0 Å². The Morgan fingerprint density at radius 2 is 1.91 bits per heavy atom. The zero-order chi connectivity index (χ0) is 8.27. The fourth-order valence-corrected chi connectivity index (χ4v) is 1.90. The Morgan fingerprint density at radius 3 is 2.45 bits per heavy atom. The molecule has 0 fully saturated rings. The van der Waals surface area contributed by atoms with Gasteiger partial charge in [0.2, 0.25) is 0 Å². The summed E-state index contributed by atoms with van der Waals surface area (Å²) in [7, 11) is -1.63. The standard InChI is InChI=1S/C6H4O3S2/c7-5-3-1-2-4-6(5)10-11(8)9/h1-4H/p+1. The van der Waals surface area contributed by atoms with Crippen LogP contribution in [0.2, 0.25) is 0 Å². The second-order valence-electron chi connectivity index (χ2n) is 1.76. The van der Waals surface area contributed by atoms with Crippen molar-refractivity contribution in [1.82, 2.24) is 0 Å². The van der Waals surface area contributed by atoms with E-state index in [1.54, 1.807) is 12.1 Å². The topological polar surface area (TPSA) is 54.4 Å². The van der Waals surface area contributed by atoms with E-state index in [4.69, 9.17) is 5.11 Å². The largest absolute Gasteiger partial charge is 0.503 e. The quantitative estimate of drug-likeness (QED) is 0.659. The Hall–Kier alpha value is -0.940. The summed E-state index contributed by atoms with van der Waals surface area (Å²) in [6.07, 6.45) is 0. The van der Waals surface area contributed by atoms with Crippen molar-refractivity contribution >= 4 is 19.6 Å². The first-order valence-electron chi connectivity index (χ1n) is 2.76. The molecule has 3 nitrogen and oxygen atoms in total. The first-order valence-corrected chi connectivity index (χ1v) is 5.16. The summed E-state index contributed by atoms with van der Waals surface area (Å²) in [5, 5.41) is 9.07. The van der Waals surface area contributed by atoms with E-state index in [2.05, 4.69) is 0 Å². The van der Waals surface area contributed by atoms with E-state index in [1.807, 2.05) is 0 Å². The van der Waals surface area contributed by atoms with Crippen LogP contribution in [0.15, 0.2) is 29.2 Å². The third kappa shape index (κ3) is 2.28. The molecule has 58 valence electrons. The van der Waals surface area contributed by atoms with Crippen LogP contribution in [0.4, 0.5) is 0 Å². The van der Waals surface area contributed by atoms with Crippen molar-refractivity contribution in [3.05, 3.63) is 24.3 Å². The number of hydrogen-bond donors (Lipinski definition) is 1. The molecule has 0 aliphatic heterocycles. The molecule has 1 aromatic carbocycles. The van der Waals surface area contributed by atoms with Crippen molar-refractivity contribution in [3.8, 4) is 5.75 Å². The normalized spacial score (nSPS) is 9.09. The molecule has 0 saturated carbocycles. The van der Waals surface area contributed by atoms with Crippen LogP contribution in [0, 0.1) is 0 Å². The van der Waals surface area contributed by atoms with Gasteiger partial charge in [0.1, 0.15) is 0 Å². The summed E-state index contributed by atoms with van der Waals surface area (Å²) < 4.78 is 20.3. The number of aromatic hydroxyl groups is 1. The van der Waals surface area contributed by atoms with Gasteiger partial charge >= 0.3 is 19.6 Å². The van der Waals surface area contributed by atoms with Gasteiger partial charge in [0, 0.05) is 6.07 Å². The van der Waals surface area contributed by atoms with Gasteiger partial charge < -0.3 is 5.11 Å². The Labute approximate surface area is 68.5 Å². The predicted molar refractivity (Wildman–Crippen MR) is 42.7 cm³/mol. The summed E-state index contributed by atoms with van der Waals surface area (Å²) in [5.74, 6) is -0.0123. The third-order valence-electron chi connectivity index (χ3n) is 1.02. The zero-order valence-corrected chi connectivity index (χ0v) is 7.02. The van der Waals surface area contributed by atoms with Gasteiger partial charge in [0.05, 0.1) is 0 Å². The minimum absolute atomic E-state index is 0.0123. The molecule has 1 aromatic rings. The third-order valence-corrected chi connectivity index (χ3v) is 2.63. The maximum absolute atomic E-state index is 10.2. The van der Waals surface area contributed by atoms with E-state index in [0.717, 1.165) is 0 Å². The highest BCUT2D eigenvalue weighted by Crippen LogP contribution is 2.14.